The number of anilines is 2. The SMILES string of the molecule is CCCNC(=O)CCCCOc1ccc2c(c1)CCCN2C1CC(C)N(C(=O)c2ccc(OC)c(OC)c2)c2ccccc21. The van der Waals surface area contributed by atoms with Gasteiger partial charge in [0.15, 0.2) is 11.5 Å². The number of nitrogens with one attached hydrogen (secondary N) is 1. The monoisotopic (exact) mass is 599 g/mol. The van der Waals surface area contributed by atoms with Crippen LogP contribution in [0.1, 0.15) is 79.9 Å². The van der Waals surface area contributed by atoms with E-state index in [2.05, 4.69) is 60.5 Å². The first-order chi connectivity index (χ1) is 21.4. The summed E-state index contributed by atoms with van der Waals surface area (Å²) in [5, 5.41) is 2.93. The van der Waals surface area contributed by atoms with Gasteiger partial charge in [0.1, 0.15) is 5.75 Å². The van der Waals surface area contributed by atoms with Gasteiger partial charge in [-0.25, -0.2) is 0 Å². The van der Waals surface area contributed by atoms with Crippen LogP contribution in [0.2, 0.25) is 0 Å². The fourth-order valence-corrected chi connectivity index (χ4v) is 6.44. The van der Waals surface area contributed by atoms with Crippen LogP contribution in [0, 0.1) is 0 Å². The Hall–Kier alpha value is -4.20. The number of amides is 2. The van der Waals surface area contributed by atoms with Crippen LogP contribution in [0.15, 0.2) is 60.7 Å². The number of methoxy groups -OCH3 is 2. The number of unbranched alkanes of at least 4 members (excludes halogenated alkanes) is 1. The maximum Gasteiger partial charge on any atom is 0.258 e. The number of rotatable bonds is 12. The van der Waals surface area contributed by atoms with E-state index in [1.807, 2.05) is 11.0 Å². The number of aryl methyl sites for hydroxylation is 1. The molecule has 2 heterocycles. The lowest BCUT2D eigenvalue weighted by Crippen LogP contribution is -2.47. The van der Waals surface area contributed by atoms with Crippen molar-refractivity contribution in [3.05, 3.63) is 77.4 Å². The molecule has 3 aromatic carbocycles. The molecule has 0 bridgehead atoms. The van der Waals surface area contributed by atoms with E-state index < -0.39 is 0 Å². The van der Waals surface area contributed by atoms with Crippen LogP contribution in [0.4, 0.5) is 11.4 Å². The third-order valence-corrected chi connectivity index (χ3v) is 8.63. The number of benzene rings is 3. The minimum atomic E-state index is -0.0493. The molecule has 1 N–H and O–H groups in total. The van der Waals surface area contributed by atoms with Gasteiger partial charge in [-0.1, -0.05) is 25.1 Å². The van der Waals surface area contributed by atoms with Gasteiger partial charge >= 0.3 is 0 Å². The summed E-state index contributed by atoms with van der Waals surface area (Å²) >= 11 is 0. The molecule has 0 saturated carbocycles. The molecule has 8 nitrogen and oxygen atoms in total. The summed E-state index contributed by atoms with van der Waals surface area (Å²) in [6.07, 6.45) is 6.05. The molecular formula is C36H45N3O5. The molecule has 0 saturated heterocycles. The molecule has 234 valence electrons. The van der Waals surface area contributed by atoms with Crippen molar-refractivity contribution in [2.45, 2.75) is 70.9 Å². The lowest BCUT2D eigenvalue weighted by Gasteiger charge is -2.46. The highest BCUT2D eigenvalue weighted by molar-refractivity contribution is 6.07. The van der Waals surface area contributed by atoms with E-state index in [-0.39, 0.29) is 23.9 Å². The highest BCUT2D eigenvalue weighted by atomic mass is 16.5. The zero-order valence-electron chi connectivity index (χ0n) is 26.4. The minimum absolute atomic E-state index is 0.00691. The summed E-state index contributed by atoms with van der Waals surface area (Å²) in [5.41, 5.74) is 5.21. The molecule has 5 rings (SSSR count). The Balaban J connectivity index is 1.31. The first kappa shape index (κ1) is 31.2. The first-order valence-corrected chi connectivity index (χ1v) is 15.9. The molecule has 8 heteroatoms. The Labute approximate surface area is 261 Å². The second-order valence-electron chi connectivity index (χ2n) is 11.6. The Morgan fingerprint density at radius 3 is 2.57 bits per heavy atom. The van der Waals surface area contributed by atoms with Crippen molar-refractivity contribution in [3.63, 3.8) is 0 Å². The van der Waals surface area contributed by atoms with Crippen molar-refractivity contribution in [3.8, 4) is 17.2 Å². The van der Waals surface area contributed by atoms with Crippen LogP contribution in [0.25, 0.3) is 0 Å². The standard InChI is InChI=1S/C36H45N3O5/c1-5-19-37-35(40)14-8-9-21-44-28-16-17-30-26(23-28)11-10-20-38(30)32-22-25(2)39(31-13-7-6-12-29(31)32)36(41)27-15-18-33(42-3)34(24-27)43-4/h6-7,12-13,15-18,23-25,32H,5,8-11,14,19-22H2,1-4H3,(H,37,40). The van der Waals surface area contributed by atoms with Gasteiger partial charge in [0.2, 0.25) is 5.91 Å². The van der Waals surface area contributed by atoms with Gasteiger partial charge < -0.3 is 29.3 Å². The van der Waals surface area contributed by atoms with Crippen LogP contribution in [-0.4, -0.2) is 51.8 Å². The molecule has 2 unspecified atom stereocenters. The maximum atomic E-state index is 13.9. The highest BCUT2D eigenvalue weighted by Gasteiger charge is 2.38. The Bertz CT molecular complexity index is 1460. The smallest absolute Gasteiger partial charge is 0.258 e. The Morgan fingerprint density at radius 1 is 0.955 bits per heavy atom. The predicted octanol–water partition coefficient (Wildman–Crippen LogP) is 6.71. The average molecular weight is 600 g/mol. The van der Waals surface area contributed by atoms with Gasteiger partial charge in [-0.15, -0.1) is 0 Å². The molecule has 0 radical (unpaired) electrons. The molecule has 2 aliphatic rings. The van der Waals surface area contributed by atoms with Crippen LogP contribution < -0.4 is 29.3 Å². The first-order valence-electron chi connectivity index (χ1n) is 15.9. The quantitative estimate of drug-likeness (QED) is 0.233. The zero-order valence-corrected chi connectivity index (χ0v) is 26.4. The van der Waals surface area contributed by atoms with Gasteiger partial charge in [-0.3, -0.25) is 9.59 Å². The summed E-state index contributed by atoms with van der Waals surface area (Å²) < 4.78 is 16.9. The van der Waals surface area contributed by atoms with Crippen LogP contribution in [0.5, 0.6) is 17.2 Å². The third kappa shape index (κ3) is 6.79. The molecule has 2 amide bonds. The topological polar surface area (TPSA) is 80.3 Å². The highest BCUT2D eigenvalue weighted by Crippen LogP contribution is 2.45. The molecule has 2 atom stereocenters. The number of nitrogens with zero attached hydrogens (tertiary/aromatic N) is 2. The van der Waals surface area contributed by atoms with E-state index in [4.69, 9.17) is 14.2 Å². The second-order valence-corrected chi connectivity index (χ2v) is 11.6. The summed E-state index contributed by atoms with van der Waals surface area (Å²) in [4.78, 5) is 30.2. The molecule has 44 heavy (non-hydrogen) atoms. The normalized spacial score (nSPS) is 17.4. The number of carbonyl (C=O) groups excluding carboxylic acids is 2. The molecule has 2 aliphatic heterocycles. The number of hydrogen-bond acceptors (Lipinski definition) is 6. The molecular weight excluding hydrogens is 554 g/mol. The van der Waals surface area contributed by atoms with Gasteiger partial charge in [0.05, 0.1) is 26.9 Å². The maximum absolute atomic E-state index is 13.9. The van der Waals surface area contributed by atoms with E-state index in [1.54, 1.807) is 32.4 Å². The Morgan fingerprint density at radius 2 is 1.77 bits per heavy atom. The third-order valence-electron chi connectivity index (χ3n) is 8.63. The van der Waals surface area contributed by atoms with Crippen molar-refractivity contribution < 1.29 is 23.8 Å². The minimum Gasteiger partial charge on any atom is -0.494 e. The zero-order chi connectivity index (χ0) is 31.1. The summed E-state index contributed by atoms with van der Waals surface area (Å²) in [5.74, 6) is 2.09. The van der Waals surface area contributed by atoms with Gasteiger partial charge in [0.25, 0.3) is 5.91 Å². The van der Waals surface area contributed by atoms with Gasteiger partial charge in [-0.05, 0) is 99.0 Å². The van der Waals surface area contributed by atoms with Crippen molar-refractivity contribution in [1.82, 2.24) is 5.32 Å². The number of hydrogen-bond donors (Lipinski definition) is 1. The van der Waals surface area contributed by atoms with Crippen LogP contribution >= 0.6 is 0 Å². The fraction of sp³-hybridized carbons (Fsp3) is 0.444. The lowest BCUT2D eigenvalue weighted by molar-refractivity contribution is -0.121. The van der Waals surface area contributed by atoms with Gasteiger partial charge in [0, 0.05) is 42.5 Å². The summed E-state index contributed by atoms with van der Waals surface area (Å²) in [6, 6.07) is 20.2. The number of carbonyl (C=O) groups is 2. The van der Waals surface area contributed by atoms with E-state index in [0.29, 0.717) is 30.1 Å². The van der Waals surface area contributed by atoms with Crippen LogP contribution in [-0.2, 0) is 11.2 Å². The van der Waals surface area contributed by atoms with Gasteiger partial charge in [-0.2, -0.15) is 0 Å². The Kier molecular flexibility index (Phi) is 10.3. The van der Waals surface area contributed by atoms with E-state index in [1.165, 1.54) is 11.3 Å². The number of fused-ring (bicyclic) bond motifs is 2. The van der Waals surface area contributed by atoms with E-state index in [0.717, 1.165) is 68.6 Å². The average Bonchev–Trinajstić information content (AvgIpc) is 3.05. The number of para-hydroxylation sites is 1. The predicted molar refractivity (Wildman–Crippen MR) is 174 cm³/mol. The molecule has 0 aliphatic carbocycles. The second kappa shape index (κ2) is 14.5. The fourth-order valence-electron chi connectivity index (χ4n) is 6.44. The number of ether oxygens (including phenoxy) is 3. The van der Waals surface area contributed by atoms with Crippen molar-refractivity contribution in [2.75, 3.05) is 43.7 Å². The largest absolute Gasteiger partial charge is 0.494 e. The van der Waals surface area contributed by atoms with Crippen molar-refractivity contribution >= 4 is 23.2 Å². The van der Waals surface area contributed by atoms with E-state index in [9.17, 15) is 9.59 Å². The van der Waals surface area contributed by atoms with E-state index >= 15 is 0 Å². The molecule has 0 spiro atoms. The summed E-state index contributed by atoms with van der Waals surface area (Å²) in [6.45, 7) is 6.49. The summed E-state index contributed by atoms with van der Waals surface area (Å²) in [7, 11) is 3.17. The lowest BCUT2D eigenvalue weighted by atomic mass is 9.87. The molecule has 0 aromatic heterocycles. The van der Waals surface area contributed by atoms with Crippen LogP contribution in [0.3, 0.4) is 0 Å². The van der Waals surface area contributed by atoms with Crippen molar-refractivity contribution in [1.29, 1.82) is 0 Å². The molecule has 0 fully saturated rings. The molecule has 3 aromatic rings. The van der Waals surface area contributed by atoms with Crippen molar-refractivity contribution in [2.24, 2.45) is 0 Å².